The number of aromatic hydroxyl groups is 2. The summed E-state index contributed by atoms with van der Waals surface area (Å²) in [5, 5.41) is 19.3. The highest BCUT2D eigenvalue weighted by Crippen LogP contribution is 2.52. The Morgan fingerprint density at radius 3 is 1.67 bits per heavy atom. The predicted octanol–water partition coefficient (Wildman–Crippen LogP) is 4.41. The molecule has 2 aromatic rings. The summed E-state index contributed by atoms with van der Waals surface area (Å²) in [6.07, 6.45) is 1.43. The van der Waals surface area contributed by atoms with Crippen LogP contribution in [0.25, 0.3) is 0 Å². The molecule has 1 atom stereocenters. The van der Waals surface area contributed by atoms with Gasteiger partial charge in [-0.3, -0.25) is 4.79 Å². The third-order valence-electron chi connectivity index (χ3n) is 5.35. The van der Waals surface area contributed by atoms with Crippen molar-refractivity contribution in [3.8, 4) is 11.5 Å². The number of carbonyl (C=O) groups excluding carboxylic acids is 1. The lowest BCUT2D eigenvalue weighted by Crippen LogP contribution is -2.47. The van der Waals surface area contributed by atoms with Crippen molar-refractivity contribution in [3.63, 3.8) is 0 Å². The lowest BCUT2D eigenvalue weighted by Gasteiger charge is -2.47. The lowest BCUT2D eigenvalue weighted by atomic mass is 9.55. The normalized spacial score (nSPS) is 22.3. The highest BCUT2D eigenvalue weighted by Gasteiger charge is 2.49. The number of phenolic OH excluding ortho intramolecular Hbond substituents is 2. The van der Waals surface area contributed by atoms with Crippen LogP contribution in [0.4, 0.5) is 0 Å². The molecule has 24 heavy (non-hydrogen) atoms. The standard InChI is InChI=1S/C21H24O3/c1-14-12-21(13-20(2,3)19(14)24,15-4-8-17(22)9-5-15)16-6-10-18(23)11-7-16/h4-11,14,22-23H,12-13H2,1-3H3. The third kappa shape index (κ3) is 2.68. The van der Waals surface area contributed by atoms with Crippen molar-refractivity contribution >= 4 is 5.78 Å². The van der Waals surface area contributed by atoms with Gasteiger partial charge in [0.25, 0.3) is 0 Å². The van der Waals surface area contributed by atoms with E-state index in [0.717, 1.165) is 17.5 Å². The van der Waals surface area contributed by atoms with Gasteiger partial charge in [-0.25, -0.2) is 0 Å². The molecule has 0 amide bonds. The maximum atomic E-state index is 12.6. The molecule has 0 saturated heterocycles. The van der Waals surface area contributed by atoms with E-state index in [9.17, 15) is 15.0 Å². The number of hydrogen-bond acceptors (Lipinski definition) is 3. The fourth-order valence-corrected chi connectivity index (χ4v) is 4.36. The molecule has 0 radical (unpaired) electrons. The summed E-state index contributed by atoms with van der Waals surface area (Å²) in [6.45, 7) is 6.03. The van der Waals surface area contributed by atoms with E-state index >= 15 is 0 Å². The summed E-state index contributed by atoms with van der Waals surface area (Å²) >= 11 is 0. The van der Waals surface area contributed by atoms with Gasteiger partial charge in [0.15, 0.2) is 0 Å². The van der Waals surface area contributed by atoms with Gasteiger partial charge in [0, 0.05) is 16.7 Å². The van der Waals surface area contributed by atoms with Crippen molar-refractivity contribution in [3.05, 3.63) is 59.7 Å². The fraction of sp³-hybridized carbons (Fsp3) is 0.381. The van der Waals surface area contributed by atoms with E-state index < -0.39 is 5.41 Å². The topological polar surface area (TPSA) is 57.5 Å². The molecule has 1 aliphatic rings. The molecule has 126 valence electrons. The second kappa shape index (κ2) is 5.66. The van der Waals surface area contributed by atoms with Crippen molar-refractivity contribution in [2.75, 3.05) is 0 Å². The quantitative estimate of drug-likeness (QED) is 0.860. The van der Waals surface area contributed by atoms with Gasteiger partial charge in [-0.1, -0.05) is 45.0 Å². The molecular weight excluding hydrogens is 300 g/mol. The fourth-order valence-electron chi connectivity index (χ4n) is 4.36. The summed E-state index contributed by atoms with van der Waals surface area (Å²) in [5.74, 6) is 0.727. The van der Waals surface area contributed by atoms with E-state index in [1.807, 2.05) is 45.0 Å². The molecule has 1 saturated carbocycles. The Balaban J connectivity index is 2.19. The Labute approximate surface area is 143 Å². The van der Waals surface area contributed by atoms with Crippen LogP contribution < -0.4 is 0 Å². The summed E-state index contributed by atoms with van der Waals surface area (Å²) < 4.78 is 0. The zero-order chi connectivity index (χ0) is 17.5. The van der Waals surface area contributed by atoms with Crippen LogP contribution in [0, 0.1) is 11.3 Å². The first kappa shape index (κ1) is 16.6. The summed E-state index contributed by atoms with van der Waals surface area (Å²) in [5.41, 5.74) is 1.46. The molecule has 2 aromatic carbocycles. The number of ketones is 1. The molecule has 2 N–H and O–H groups in total. The maximum Gasteiger partial charge on any atom is 0.141 e. The molecule has 3 nitrogen and oxygen atoms in total. The van der Waals surface area contributed by atoms with E-state index in [0.29, 0.717) is 12.2 Å². The zero-order valence-electron chi connectivity index (χ0n) is 14.4. The average Bonchev–Trinajstić information content (AvgIpc) is 2.53. The smallest absolute Gasteiger partial charge is 0.141 e. The molecular formula is C21H24O3. The van der Waals surface area contributed by atoms with Crippen LogP contribution in [0.5, 0.6) is 11.5 Å². The van der Waals surface area contributed by atoms with Crippen LogP contribution in [-0.4, -0.2) is 16.0 Å². The Hall–Kier alpha value is -2.29. The van der Waals surface area contributed by atoms with Crippen LogP contribution in [-0.2, 0) is 10.2 Å². The van der Waals surface area contributed by atoms with Gasteiger partial charge in [-0.05, 0) is 48.2 Å². The summed E-state index contributed by atoms with van der Waals surface area (Å²) in [6, 6.07) is 14.6. The highest BCUT2D eigenvalue weighted by molar-refractivity contribution is 5.87. The van der Waals surface area contributed by atoms with E-state index in [-0.39, 0.29) is 22.8 Å². The molecule has 3 heteroatoms. The molecule has 0 bridgehead atoms. The van der Waals surface area contributed by atoms with Crippen molar-refractivity contribution in [1.29, 1.82) is 0 Å². The van der Waals surface area contributed by atoms with Crippen molar-refractivity contribution < 1.29 is 15.0 Å². The van der Waals surface area contributed by atoms with Crippen LogP contribution >= 0.6 is 0 Å². The summed E-state index contributed by atoms with van der Waals surface area (Å²) in [7, 11) is 0. The molecule has 0 heterocycles. The van der Waals surface area contributed by atoms with Gasteiger partial charge in [0.05, 0.1) is 0 Å². The van der Waals surface area contributed by atoms with Crippen molar-refractivity contribution in [2.45, 2.75) is 39.0 Å². The van der Waals surface area contributed by atoms with E-state index in [4.69, 9.17) is 0 Å². The van der Waals surface area contributed by atoms with Gasteiger partial charge in [0.2, 0.25) is 0 Å². The molecule has 1 fully saturated rings. The molecule has 0 aromatic heterocycles. The minimum atomic E-state index is -0.423. The first-order chi connectivity index (χ1) is 11.2. The number of carbonyl (C=O) groups is 1. The van der Waals surface area contributed by atoms with E-state index in [2.05, 4.69) is 0 Å². The number of benzene rings is 2. The zero-order valence-corrected chi connectivity index (χ0v) is 14.4. The highest BCUT2D eigenvalue weighted by atomic mass is 16.3. The number of hydrogen-bond donors (Lipinski definition) is 2. The predicted molar refractivity (Wildman–Crippen MR) is 94.2 cm³/mol. The Bertz CT molecular complexity index is 696. The number of phenols is 2. The van der Waals surface area contributed by atoms with E-state index in [1.54, 1.807) is 24.3 Å². The first-order valence-corrected chi connectivity index (χ1v) is 8.38. The van der Waals surface area contributed by atoms with Crippen molar-refractivity contribution in [2.24, 2.45) is 11.3 Å². The maximum absolute atomic E-state index is 12.6. The average molecular weight is 324 g/mol. The van der Waals surface area contributed by atoms with Gasteiger partial charge in [-0.2, -0.15) is 0 Å². The van der Waals surface area contributed by atoms with Crippen LogP contribution in [0.15, 0.2) is 48.5 Å². The molecule has 1 aliphatic carbocycles. The second-order valence-corrected chi connectivity index (χ2v) is 7.71. The molecule has 3 rings (SSSR count). The third-order valence-corrected chi connectivity index (χ3v) is 5.35. The van der Waals surface area contributed by atoms with Crippen LogP contribution in [0.2, 0.25) is 0 Å². The Kier molecular flexibility index (Phi) is 3.90. The van der Waals surface area contributed by atoms with Gasteiger partial charge < -0.3 is 10.2 Å². The lowest BCUT2D eigenvalue weighted by molar-refractivity contribution is -0.135. The second-order valence-electron chi connectivity index (χ2n) is 7.71. The van der Waals surface area contributed by atoms with Gasteiger partial charge >= 0.3 is 0 Å². The largest absolute Gasteiger partial charge is 0.508 e. The van der Waals surface area contributed by atoms with Crippen LogP contribution in [0.1, 0.15) is 44.7 Å². The first-order valence-electron chi connectivity index (χ1n) is 8.38. The monoisotopic (exact) mass is 324 g/mol. The molecule has 1 unspecified atom stereocenters. The minimum Gasteiger partial charge on any atom is -0.508 e. The minimum absolute atomic E-state index is 0.0450. The number of Topliss-reactive ketones (excluding diaryl/α,β-unsaturated/α-hetero) is 1. The summed E-state index contributed by atoms with van der Waals surface area (Å²) in [4.78, 5) is 12.6. The van der Waals surface area contributed by atoms with E-state index in [1.165, 1.54) is 0 Å². The van der Waals surface area contributed by atoms with Gasteiger partial charge in [-0.15, -0.1) is 0 Å². The van der Waals surface area contributed by atoms with Crippen molar-refractivity contribution in [1.82, 2.24) is 0 Å². The number of rotatable bonds is 2. The SMILES string of the molecule is CC1CC(c2ccc(O)cc2)(c2ccc(O)cc2)CC(C)(C)C1=O. The molecule has 0 aliphatic heterocycles. The molecule has 0 spiro atoms. The van der Waals surface area contributed by atoms with Gasteiger partial charge in [0.1, 0.15) is 17.3 Å². The Morgan fingerprint density at radius 2 is 1.29 bits per heavy atom. The Morgan fingerprint density at radius 1 is 0.875 bits per heavy atom. The van der Waals surface area contributed by atoms with Crippen LogP contribution in [0.3, 0.4) is 0 Å².